The van der Waals surface area contributed by atoms with Gasteiger partial charge < -0.3 is 20.1 Å². The maximum absolute atomic E-state index is 11.2. The van der Waals surface area contributed by atoms with Crippen LogP contribution >= 0.6 is 0 Å². The van der Waals surface area contributed by atoms with Crippen molar-refractivity contribution in [3.63, 3.8) is 0 Å². The van der Waals surface area contributed by atoms with Gasteiger partial charge in [-0.3, -0.25) is 4.79 Å². The highest BCUT2D eigenvalue weighted by Gasteiger charge is 2.23. The van der Waals surface area contributed by atoms with E-state index in [9.17, 15) is 4.79 Å². The Labute approximate surface area is 175 Å². The van der Waals surface area contributed by atoms with Crippen LogP contribution in [-0.4, -0.2) is 35.2 Å². The van der Waals surface area contributed by atoms with E-state index in [0.29, 0.717) is 5.95 Å². The van der Waals surface area contributed by atoms with E-state index in [2.05, 4.69) is 10.6 Å². The maximum Gasteiger partial charge on any atom is 0.302 e. The molecule has 30 heavy (non-hydrogen) atoms. The first-order valence-corrected chi connectivity index (χ1v) is 10.2. The minimum absolute atomic E-state index is 0.0189. The molecule has 0 atom stereocenters. The number of rotatable bonds is 6. The van der Waals surface area contributed by atoms with Crippen LogP contribution in [0.15, 0.2) is 48.5 Å². The monoisotopic (exact) mass is 406 g/mol. The number of benzene rings is 2. The van der Waals surface area contributed by atoms with Gasteiger partial charge in [0, 0.05) is 24.0 Å². The summed E-state index contributed by atoms with van der Waals surface area (Å²) in [6, 6.07) is 15.9. The van der Waals surface area contributed by atoms with Crippen LogP contribution in [-0.2, 0) is 9.53 Å². The zero-order valence-corrected chi connectivity index (χ0v) is 17.2. The average Bonchev–Trinajstić information content (AvgIpc) is 2.75. The highest BCUT2D eigenvalue weighted by atomic mass is 16.5. The van der Waals surface area contributed by atoms with Crippen LogP contribution in [0.5, 0.6) is 5.75 Å². The van der Waals surface area contributed by atoms with Crippen LogP contribution < -0.4 is 15.4 Å². The van der Waals surface area contributed by atoms with Crippen molar-refractivity contribution >= 4 is 34.3 Å². The number of fused-ring (bicyclic) bond motifs is 1. The fraction of sp³-hybridized carbons (Fsp3) is 0.348. The quantitative estimate of drug-likeness (QED) is 0.576. The highest BCUT2D eigenvalue weighted by molar-refractivity contribution is 5.91. The number of nitrogens with one attached hydrogen (secondary N) is 2. The molecule has 0 bridgehead atoms. The summed E-state index contributed by atoms with van der Waals surface area (Å²) in [5, 5.41) is 7.82. The van der Waals surface area contributed by atoms with Gasteiger partial charge in [-0.25, -0.2) is 4.98 Å². The van der Waals surface area contributed by atoms with Gasteiger partial charge in [0.1, 0.15) is 17.7 Å². The Morgan fingerprint density at radius 3 is 2.43 bits per heavy atom. The van der Waals surface area contributed by atoms with E-state index in [4.69, 9.17) is 19.4 Å². The molecule has 1 heterocycles. The van der Waals surface area contributed by atoms with Crippen LogP contribution in [0.4, 0.5) is 17.5 Å². The van der Waals surface area contributed by atoms with E-state index in [1.165, 1.54) is 6.92 Å². The zero-order valence-electron chi connectivity index (χ0n) is 17.2. The number of hydrogen-bond donors (Lipinski definition) is 2. The summed E-state index contributed by atoms with van der Waals surface area (Å²) >= 11 is 0. The number of esters is 1. The van der Waals surface area contributed by atoms with Crippen LogP contribution in [0, 0.1) is 0 Å². The van der Waals surface area contributed by atoms with E-state index in [1.807, 2.05) is 48.5 Å². The first kappa shape index (κ1) is 19.9. The average molecular weight is 406 g/mol. The number of anilines is 3. The van der Waals surface area contributed by atoms with E-state index >= 15 is 0 Å². The second-order valence-corrected chi connectivity index (χ2v) is 7.49. The Bertz CT molecular complexity index is 1010. The molecule has 7 heteroatoms. The molecule has 7 nitrogen and oxygen atoms in total. The third kappa shape index (κ3) is 4.79. The predicted molar refractivity (Wildman–Crippen MR) is 117 cm³/mol. The van der Waals surface area contributed by atoms with Crippen LogP contribution in [0.3, 0.4) is 0 Å². The second-order valence-electron chi connectivity index (χ2n) is 7.49. The molecule has 0 spiro atoms. The summed E-state index contributed by atoms with van der Waals surface area (Å²) in [6.07, 6.45) is 3.54. The number of carbonyl (C=O) groups is 1. The molecule has 0 unspecified atom stereocenters. The molecule has 1 aliphatic carbocycles. The van der Waals surface area contributed by atoms with Gasteiger partial charge in [-0.15, -0.1) is 0 Å². The molecule has 3 aromatic rings. The van der Waals surface area contributed by atoms with Gasteiger partial charge in [0.25, 0.3) is 0 Å². The number of para-hydroxylation sites is 1. The topological polar surface area (TPSA) is 85.4 Å². The Kier molecular flexibility index (Phi) is 5.97. The molecule has 1 aliphatic rings. The van der Waals surface area contributed by atoms with Crippen molar-refractivity contribution in [1.29, 1.82) is 0 Å². The largest absolute Gasteiger partial charge is 0.497 e. The lowest BCUT2D eigenvalue weighted by atomic mass is 9.93. The van der Waals surface area contributed by atoms with E-state index in [0.717, 1.165) is 53.8 Å². The molecule has 2 N–H and O–H groups in total. The summed E-state index contributed by atoms with van der Waals surface area (Å²) in [6.45, 7) is 1.46. The molecular formula is C23H26N4O3. The third-order valence-corrected chi connectivity index (χ3v) is 5.30. The number of ether oxygens (including phenoxy) is 2. The molecule has 156 valence electrons. The standard InChI is InChI=1S/C23H26N4O3/c1-15(28)30-19-13-9-17(10-14-19)25-23-26-21-6-4-3-5-20(21)22(27-23)24-16-7-11-18(29-2)12-8-16/h3-8,11-12,17,19H,9-10,13-14H2,1-2H3,(H2,24,25,26,27). The smallest absolute Gasteiger partial charge is 0.302 e. The Hall–Kier alpha value is -3.35. The molecule has 0 amide bonds. The predicted octanol–water partition coefficient (Wildman–Crippen LogP) is 4.67. The number of hydrogen-bond acceptors (Lipinski definition) is 7. The number of aromatic nitrogens is 2. The first-order valence-electron chi connectivity index (χ1n) is 10.2. The molecule has 1 saturated carbocycles. The molecule has 1 fully saturated rings. The van der Waals surface area contributed by atoms with Gasteiger partial charge in [0.05, 0.1) is 12.6 Å². The first-order chi connectivity index (χ1) is 14.6. The molecule has 0 aliphatic heterocycles. The number of methoxy groups -OCH3 is 1. The van der Waals surface area contributed by atoms with Crippen molar-refractivity contribution in [3.05, 3.63) is 48.5 Å². The zero-order chi connectivity index (χ0) is 20.9. The lowest BCUT2D eigenvalue weighted by Crippen LogP contribution is -2.31. The lowest BCUT2D eigenvalue weighted by Gasteiger charge is -2.28. The second kappa shape index (κ2) is 8.98. The highest BCUT2D eigenvalue weighted by Crippen LogP contribution is 2.28. The molecule has 2 aromatic carbocycles. The van der Waals surface area contributed by atoms with Gasteiger partial charge in [-0.05, 0) is 62.1 Å². The molecular weight excluding hydrogens is 380 g/mol. The molecule has 0 radical (unpaired) electrons. The third-order valence-electron chi connectivity index (χ3n) is 5.30. The van der Waals surface area contributed by atoms with Crippen molar-refractivity contribution in [2.75, 3.05) is 17.7 Å². The number of carbonyl (C=O) groups excluding carboxylic acids is 1. The SMILES string of the molecule is COc1ccc(Nc2nc(NC3CCC(OC(C)=O)CC3)nc3ccccc23)cc1. The molecule has 4 rings (SSSR count). The van der Waals surface area contributed by atoms with Crippen LogP contribution in [0.2, 0.25) is 0 Å². The van der Waals surface area contributed by atoms with Crippen molar-refractivity contribution in [2.45, 2.75) is 44.8 Å². The summed E-state index contributed by atoms with van der Waals surface area (Å²) < 4.78 is 10.6. The molecule has 1 aromatic heterocycles. The Morgan fingerprint density at radius 2 is 1.73 bits per heavy atom. The summed E-state index contributed by atoms with van der Waals surface area (Å²) in [5.74, 6) is 1.95. The van der Waals surface area contributed by atoms with Crippen molar-refractivity contribution in [1.82, 2.24) is 9.97 Å². The summed E-state index contributed by atoms with van der Waals surface area (Å²) in [4.78, 5) is 20.6. The van der Waals surface area contributed by atoms with Gasteiger partial charge in [0.15, 0.2) is 0 Å². The van der Waals surface area contributed by atoms with Crippen molar-refractivity contribution in [2.24, 2.45) is 0 Å². The van der Waals surface area contributed by atoms with Crippen LogP contribution in [0.1, 0.15) is 32.6 Å². The van der Waals surface area contributed by atoms with E-state index in [-0.39, 0.29) is 18.1 Å². The van der Waals surface area contributed by atoms with Gasteiger partial charge >= 0.3 is 5.97 Å². The van der Waals surface area contributed by atoms with Gasteiger partial charge in [-0.2, -0.15) is 4.98 Å². The minimum Gasteiger partial charge on any atom is -0.497 e. The maximum atomic E-state index is 11.2. The van der Waals surface area contributed by atoms with E-state index in [1.54, 1.807) is 7.11 Å². The van der Waals surface area contributed by atoms with Gasteiger partial charge in [-0.1, -0.05) is 12.1 Å². The number of nitrogens with zero attached hydrogens (tertiary/aromatic N) is 2. The van der Waals surface area contributed by atoms with Gasteiger partial charge in [0.2, 0.25) is 5.95 Å². The van der Waals surface area contributed by atoms with E-state index < -0.39 is 0 Å². The molecule has 0 saturated heterocycles. The Morgan fingerprint density at radius 1 is 1.00 bits per heavy atom. The fourth-order valence-corrected chi connectivity index (χ4v) is 3.79. The minimum atomic E-state index is -0.210. The van der Waals surface area contributed by atoms with Crippen molar-refractivity contribution in [3.8, 4) is 5.75 Å². The fourth-order valence-electron chi connectivity index (χ4n) is 3.79. The van der Waals surface area contributed by atoms with Crippen molar-refractivity contribution < 1.29 is 14.3 Å². The summed E-state index contributed by atoms with van der Waals surface area (Å²) in [7, 11) is 1.65. The normalized spacial score (nSPS) is 18.6. The van der Waals surface area contributed by atoms with Crippen LogP contribution in [0.25, 0.3) is 10.9 Å². The summed E-state index contributed by atoms with van der Waals surface area (Å²) in [5.41, 5.74) is 1.80. The Balaban J connectivity index is 1.52. The lowest BCUT2D eigenvalue weighted by molar-refractivity contribution is -0.147.